The number of aromatic hydroxyl groups is 1. The van der Waals surface area contributed by atoms with Gasteiger partial charge < -0.3 is 21.1 Å². The third-order valence-electron chi connectivity index (χ3n) is 3.10. The molecule has 0 atom stereocenters. The van der Waals surface area contributed by atoms with Crippen LogP contribution in [0.3, 0.4) is 0 Å². The second-order valence-electron chi connectivity index (χ2n) is 4.83. The first-order valence-electron chi connectivity index (χ1n) is 6.72. The lowest BCUT2D eigenvalue weighted by molar-refractivity contribution is -0.113. The fourth-order valence-corrected chi connectivity index (χ4v) is 2.74. The van der Waals surface area contributed by atoms with Gasteiger partial charge in [0, 0.05) is 11.8 Å². The van der Waals surface area contributed by atoms with Crippen LogP contribution >= 0.6 is 11.8 Å². The van der Waals surface area contributed by atoms with Crippen molar-refractivity contribution < 1.29 is 9.90 Å². The van der Waals surface area contributed by atoms with Gasteiger partial charge in [-0.15, -0.1) is 0 Å². The molecule has 0 bridgehead atoms. The smallest absolute Gasteiger partial charge is 0.234 e. The first-order chi connectivity index (χ1) is 11.0. The number of carbonyl (C=O) groups is 1. The van der Waals surface area contributed by atoms with Gasteiger partial charge >= 0.3 is 0 Å². The third kappa shape index (κ3) is 3.34. The number of fused-ring (bicyclic) bond motifs is 1. The number of amides is 1. The molecule has 0 unspecified atom stereocenters. The van der Waals surface area contributed by atoms with Gasteiger partial charge in [0.2, 0.25) is 11.9 Å². The van der Waals surface area contributed by atoms with Crippen molar-refractivity contribution >= 4 is 40.5 Å². The monoisotopic (exact) mass is 330 g/mol. The summed E-state index contributed by atoms with van der Waals surface area (Å²) in [4.78, 5) is 27.1. The number of aromatic amines is 1. The van der Waals surface area contributed by atoms with Gasteiger partial charge in [0.15, 0.2) is 5.65 Å². The highest BCUT2D eigenvalue weighted by Crippen LogP contribution is 2.24. The number of imidazole rings is 1. The summed E-state index contributed by atoms with van der Waals surface area (Å²) in [5, 5.41) is 12.9. The zero-order valence-corrected chi connectivity index (χ0v) is 13.0. The molecule has 1 amide bonds. The topological polar surface area (TPSA) is 130 Å². The van der Waals surface area contributed by atoms with Crippen LogP contribution in [0, 0.1) is 6.92 Å². The van der Waals surface area contributed by atoms with Crippen molar-refractivity contribution in [3.63, 3.8) is 0 Å². The van der Waals surface area contributed by atoms with Crippen molar-refractivity contribution in [2.75, 3.05) is 16.8 Å². The van der Waals surface area contributed by atoms with Crippen molar-refractivity contribution in [2.24, 2.45) is 0 Å². The number of nitrogens with zero attached hydrogens (tertiary/aromatic N) is 3. The predicted octanol–water partition coefficient (Wildman–Crippen LogP) is 1.68. The maximum Gasteiger partial charge on any atom is 0.234 e. The fraction of sp³-hybridized carbons (Fsp3) is 0.143. The molecule has 3 aromatic rings. The normalized spacial score (nSPS) is 10.8. The molecule has 1 aromatic carbocycles. The lowest BCUT2D eigenvalue weighted by Gasteiger charge is -2.07. The molecule has 0 saturated carbocycles. The molecule has 23 heavy (non-hydrogen) atoms. The average molecular weight is 330 g/mol. The molecule has 0 aliphatic heterocycles. The lowest BCUT2D eigenvalue weighted by atomic mass is 10.2. The van der Waals surface area contributed by atoms with Crippen LogP contribution in [0.15, 0.2) is 29.6 Å². The SMILES string of the molecule is Cc1ccc(NC(=O)CSc2nc(N)nc3nc[nH]c23)cc1O. The number of carbonyl (C=O) groups excluding carboxylic acids is 1. The van der Waals surface area contributed by atoms with E-state index in [1.165, 1.54) is 24.2 Å². The highest BCUT2D eigenvalue weighted by Gasteiger charge is 2.12. The molecular weight excluding hydrogens is 316 g/mol. The highest BCUT2D eigenvalue weighted by atomic mass is 32.2. The van der Waals surface area contributed by atoms with Gasteiger partial charge in [-0.2, -0.15) is 4.98 Å². The van der Waals surface area contributed by atoms with Gasteiger partial charge in [-0.25, -0.2) is 9.97 Å². The van der Waals surface area contributed by atoms with Crippen LogP contribution in [0.4, 0.5) is 11.6 Å². The third-order valence-corrected chi connectivity index (χ3v) is 4.08. The molecule has 3 rings (SSSR count). The number of aromatic nitrogens is 4. The van der Waals surface area contributed by atoms with E-state index in [0.29, 0.717) is 21.9 Å². The zero-order valence-electron chi connectivity index (χ0n) is 12.2. The molecule has 9 heteroatoms. The zero-order chi connectivity index (χ0) is 16.4. The number of aryl methyl sites for hydroxylation is 1. The molecule has 0 aliphatic carbocycles. The molecule has 0 aliphatic rings. The van der Waals surface area contributed by atoms with Gasteiger partial charge in [-0.05, 0) is 18.6 Å². The highest BCUT2D eigenvalue weighted by molar-refractivity contribution is 8.00. The van der Waals surface area contributed by atoms with Crippen LogP contribution in [-0.2, 0) is 4.79 Å². The summed E-state index contributed by atoms with van der Waals surface area (Å²) < 4.78 is 0. The number of anilines is 2. The standard InChI is InChI=1S/C14H14N6O2S/c1-7-2-3-8(4-9(7)21)18-10(22)5-23-13-11-12(17-6-16-11)19-14(15)20-13/h2-4,6,21H,5H2,1H3,(H,18,22)(H3,15,16,17,19,20). The van der Waals surface area contributed by atoms with Crippen molar-refractivity contribution in [1.82, 2.24) is 19.9 Å². The van der Waals surface area contributed by atoms with E-state index in [1.54, 1.807) is 19.1 Å². The molecule has 0 radical (unpaired) electrons. The summed E-state index contributed by atoms with van der Waals surface area (Å²) in [6, 6.07) is 4.97. The average Bonchev–Trinajstić information content (AvgIpc) is 2.97. The number of nitrogens with two attached hydrogens (primary N) is 1. The van der Waals surface area contributed by atoms with Crippen LogP contribution in [0.5, 0.6) is 5.75 Å². The molecule has 0 saturated heterocycles. The maximum absolute atomic E-state index is 12.0. The largest absolute Gasteiger partial charge is 0.508 e. The Kier molecular flexibility index (Phi) is 4.02. The Labute approximate surface area is 135 Å². The number of benzene rings is 1. The Morgan fingerprint density at radius 2 is 2.26 bits per heavy atom. The fourth-order valence-electron chi connectivity index (χ4n) is 1.95. The first-order valence-corrected chi connectivity index (χ1v) is 7.70. The molecule has 118 valence electrons. The summed E-state index contributed by atoms with van der Waals surface area (Å²) in [6.07, 6.45) is 1.50. The molecule has 0 fully saturated rings. The number of rotatable bonds is 4. The number of phenolic OH excluding ortho intramolecular Hbond substituents is 1. The van der Waals surface area contributed by atoms with Crippen molar-refractivity contribution in [3.8, 4) is 5.75 Å². The number of H-pyrrole nitrogens is 1. The summed E-state index contributed by atoms with van der Waals surface area (Å²) in [5.41, 5.74) is 8.01. The Bertz CT molecular complexity index is 879. The van der Waals surface area contributed by atoms with Gasteiger partial charge in [-0.3, -0.25) is 4.79 Å². The molecule has 2 heterocycles. The van der Waals surface area contributed by atoms with Gasteiger partial charge in [0.05, 0.1) is 12.1 Å². The number of nitrogens with one attached hydrogen (secondary N) is 2. The summed E-state index contributed by atoms with van der Waals surface area (Å²) in [5.74, 6) is 0.163. The van der Waals surface area contributed by atoms with E-state index in [9.17, 15) is 9.90 Å². The van der Waals surface area contributed by atoms with Crippen molar-refractivity contribution in [2.45, 2.75) is 11.9 Å². The molecule has 5 N–H and O–H groups in total. The Morgan fingerprint density at radius 1 is 1.43 bits per heavy atom. The van der Waals surface area contributed by atoms with Gasteiger partial charge in [-0.1, -0.05) is 17.8 Å². The second-order valence-corrected chi connectivity index (χ2v) is 5.79. The van der Waals surface area contributed by atoms with E-state index < -0.39 is 0 Å². The minimum atomic E-state index is -0.219. The number of phenols is 1. The Hall–Kier alpha value is -2.81. The Balaban J connectivity index is 1.68. The number of hydrogen-bond donors (Lipinski definition) is 4. The summed E-state index contributed by atoms with van der Waals surface area (Å²) >= 11 is 1.23. The summed E-state index contributed by atoms with van der Waals surface area (Å²) in [6.45, 7) is 1.78. The maximum atomic E-state index is 12.0. The predicted molar refractivity (Wildman–Crippen MR) is 88.3 cm³/mol. The van der Waals surface area contributed by atoms with Crippen LogP contribution in [0.2, 0.25) is 0 Å². The minimum absolute atomic E-state index is 0.107. The Morgan fingerprint density at radius 3 is 3.04 bits per heavy atom. The number of thioether (sulfide) groups is 1. The van der Waals surface area contributed by atoms with E-state index >= 15 is 0 Å². The molecule has 2 aromatic heterocycles. The van der Waals surface area contributed by atoms with Crippen LogP contribution in [0.1, 0.15) is 5.56 Å². The first kappa shape index (κ1) is 15.1. The molecule has 0 spiro atoms. The van der Waals surface area contributed by atoms with Crippen molar-refractivity contribution in [1.29, 1.82) is 0 Å². The van der Waals surface area contributed by atoms with Crippen LogP contribution in [-0.4, -0.2) is 36.7 Å². The second kappa shape index (κ2) is 6.13. The quantitative estimate of drug-likeness (QED) is 0.423. The minimum Gasteiger partial charge on any atom is -0.508 e. The van der Waals surface area contributed by atoms with E-state index in [0.717, 1.165) is 5.56 Å². The number of hydrogen-bond acceptors (Lipinski definition) is 7. The van der Waals surface area contributed by atoms with E-state index in [-0.39, 0.29) is 23.4 Å². The van der Waals surface area contributed by atoms with Crippen molar-refractivity contribution in [3.05, 3.63) is 30.1 Å². The molecule has 8 nitrogen and oxygen atoms in total. The van der Waals surface area contributed by atoms with E-state index in [1.807, 2.05) is 0 Å². The van der Waals surface area contributed by atoms with E-state index in [4.69, 9.17) is 5.73 Å². The van der Waals surface area contributed by atoms with Crippen LogP contribution in [0.25, 0.3) is 11.2 Å². The van der Waals surface area contributed by atoms with E-state index in [2.05, 4.69) is 25.3 Å². The number of nitrogen functional groups attached to an aromatic ring is 1. The van der Waals surface area contributed by atoms with Gasteiger partial charge in [0.1, 0.15) is 16.3 Å². The van der Waals surface area contributed by atoms with Crippen LogP contribution < -0.4 is 11.1 Å². The van der Waals surface area contributed by atoms with Gasteiger partial charge in [0.25, 0.3) is 0 Å². The molecular formula is C14H14N6O2S. The lowest BCUT2D eigenvalue weighted by Crippen LogP contribution is -2.14. The summed E-state index contributed by atoms with van der Waals surface area (Å²) in [7, 11) is 0.